The Kier molecular flexibility index (Phi) is 5.17. The van der Waals surface area contributed by atoms with Crippen LogP contribution in [0, 0.1) is 11.3 Å². The molecule has 6 heteroatoms. The summed E-state index contributed by atoms with van der Waals surface area (Å²) >= 11 is 1.48. The summed E-state index contributed by atoms with van der Waals surface area (Å²) in [5, 5.41) is 32.2. The lowest BCUT2D eigenvalue weighted by atomic mass is 10.1. The van der Waals surface area contributed by atoms with E-state index in [2.05, 4.69) is 11.4 Å². The molecular formula is C16H14N2O3S. The van der Waals surface area contributed by atoms with Crippen LogP contribution < -0.4 is 5.32 Å². The minimum absolute atomic E-state index is 0.214. The molecule has 0 saturated carbocycles. The number of carbonyl (C=O) groups excluding carboxylic acids is 1. The van der Waals surface area contributed by atoms with E-state index in [-0.39, 0.29) is 29.9 Å². The molecule has 1 amide bonds. The maximum absolute atomic E-state index is 11.7. The number of phenols is 2. The first-order valence-corrected chi connectivity index (χ1v) is 7.39. The molecular weight excluding hydrogens is 300 g/mol. The third-order valence-corrected chi connectivity index (χ3v) is 3.94. The van der Waals surface area contributed by atoms with Crippen molar-refractivity contribution in [1.29, 1.82) is 5.26 Å². The molecule has 0 fully saturated rings. The second-order valence-electron chi connectivity index (χ2n) is 4.52. The number of nitrogens with one attached hydrogen (secondary N) is 1. The van der Waals surface area contributed by atoms with E-state index < -0.39 is 0 Å². The number of hydrogen-bond donors (Lipinski definition) is 3. The molecule has 0 radical (unpaired) electrons. The fourth-order valence-electron chi connectivity index (χ4n) is 1.78. The van der Waals surface area contributed by atoms with Gasteiger partial charge >= 0.3 is 0 Å². The van der Waals surface area contributed by atoms with Gasteiger partial charge in [0.2, 0.25) is 5.91 Å². The minimum atomic E-state index is -0.366. The van der Waals surface area contributed by atoms with Crippen LogP contribution in [-0.2, 0) is 4.79 Å². The van der Waals surface area contributed by atoms with E-state index in [0.29, 0.717) is 5.56 Å². The molecule has 0 spiro atoms. The number of nitriles is 1. The molecule has 112 valence electrons. The summed E-state index contributed by atoms with van der Waals surface area (Å²) in [7, 11) is 0. The van der Waals surface area contributed by atoms with Crippen LogP contribution in [0.4, 0.5) is 0 Å². The zero-order chi connectivity index (χ0) is 15.9. The van der Waals surface area contributed by atoms with Crippen molar-refractivity contribution in [3.05, 3.63) is 52.2 Å². The van der Waals surface area contributed by atoms with Crippen LogP contribution in [0.1, 0.15) is 16.4 Å². The maximum atomic E-state index is 11.7. The number of rotatable bonds is 5. The van der Waals surface area contributed by atoms with Gasteiger partial charge in [0.1, 0.15) is 0 Å². The second-order valence-corrected chi connectivity index (χ2v) is 5.50. The Morgan fingerprint density at radius 3 is 2.82 bits per heavy atom. The number of amides is 1. The van der Waals surface area contributed by atoms with Gasteiger partial charge in [0.25, 0.3) is 0 Å². The molecule has 0 aliphatic rings. The SMILES string of the molecule is N#CC(CNC(=O)C=Cc1ccc(O)c(O)c1)c1cccs1. The van der Waals surface area contributed by atoms with E-state index in [1.54, 1.807) is 6.07 Å². The zero-order valence-electron chi connectivity index (χ0n) is 11.6. The Morgan fingerprint density at radius 2 is 2.18 bits per heavy atom. The largest absolute Gasteiger partial charge is 0.504 e. The number of thiophene rings is 1. The Balaban J connectivity index is 1.91. The van der Waals surface area contributed by atoms with Gasteiger partial charge in [-0.25, -0.2) is 0 Å². The molecule has 1 aromatic heterocycles. The average molecular weight is 314 g/mol. The van der Waals surface area contributed by atoms with E-state index in [9.17, 15) is 15.0 Å². The van der Waals surface area contributed by atoms with Crippen LogP contribution in [0.25, 0.3) is 6.08 Å². The van der Waals surface area contributed by atoms with Gasteiger partial charge in [0, 0.05) is 17.5 Å². The summed E-state index contributed by atoms with van der Waals surface area (Å²) < 4.78 is 0. The molecule has 0 saturated heterocycles. The van der Waals surface area contributed by atoms with E-state index in [1.807, 2.05) is 17.5 Å². The van der Waals surface area contributed by atoms with Crippen molar-refractivity contribution in [1.82, 2.24) is 5.32 Å². The number of nitrogens with zero attached hydrogens (tertiary/aromatic N) is 1. The highest BCUT2D eigenvalue weighted by molar-refractivity contribution is 7.10. The van der Waals surface area contributed by atoms with E-state index in [1.165, 1.54) is 35.6 Å². The average Bonchev–Trinajstić information content (AvgIpc) is 3.03. The molecule has 3 N–H and O–H groups in total. The Bertz CT molecular complexity index is 717. The maximum Gasteiger partial charge on any atom is 0.244 e. The van der Waals surface area contributed by atoms with Gasteiger partial charge in [-0.3, -0.25) is 4.79 Å². The van der Waals surface area contributed by atoms with Crippen molar-refractivity contribution in [2.75, 3.05) is 6.54 Å². The molecule has 2 aromatic rings. The molecule has 1 unspecified atom stereocenters. The molecule has 1 heterocycles. The molecule has 0 aliphatic carbocycles. The van der Waals surface area contributed by atoms with Crippen LogP contribution in [0.5, 0.6) is 11.5 Å². The first-order valence-electron chi connectivity index (χ1n) is 6.51. The van der Waals surface area contributed by atoms with E-state index in [4.69, 9.17) is 5.26 Å². The highest BCUT2D eigenvalue weighted by atomic mass is 32.1. The van der Waals surface area contributed by atoms with Crippen molar-refractivity contribution >= 4 is 23.3 Å². The molecule has 0 aliphatic heterocycles. The van der Waals surface area contributed by atoms with Crippen LogP contribution in [-0.4, -0.2) is 22.7 Å². The van der Waals surface area contributed by atoms with E-state index in [0.717, 1.165) is 4.88 Å². The lowest BCUT2D eigenvalue weighted by molar-refractivity contribution is -0.116. The fraction of sp³-hybridized carbons (Fsp3) is 0.125. The van der Waals surface area contributed by atoms with Gasteiger partial charge in [0.15, 0.2) is 11.5 Å². The van der Waals surface area contributed by atoms with Crippen molar-refractivity contribution in [2.45, 2.75) is 5.92 Å². The predicted octanol–water partition coefficient (Wildman–Crippen LogP) is 2.60. The lowest BCUT2D eigenvalue weighted by Crippen LogP contribution is -2.25. The topological polar surface area (TPSA) is 93.4 Å². The third kappa shape index (κ3) is 4.11. The molecule has 1 atom stereocenters. The first-order chi connectivity index (χ1) is 10.6. The molecule has 0 bridgehead atoms. The first kappa shape index (κ1) is 15.6. The van der Waals surface area contributed by atoms with Gasteiger partial charge in [-0.2, -0.15) is 5.26 Å². The van der Waals surface area contributed by atoms with Gasteiger partial charge in [-0.15, -0.1) is 11.3 Å². The van der Waals surface area contributed by atoms with Crippen molar-refractivity contribution < 1.29 is 15.0 Å². The van der Waals surface area contributed by atoms with Gasteiger partial charge in [0.05, 0.1) is 12.0 Å². The number of hydrogen-bond acceptors (Lipinski definition) is 5. The molecule has 1 aromatic carbocycles. The van der Waals surface area contributed by atoms with Gasteiger partial charge < -0.3 is 15.5 Å². The molecule has 5 nitrogen and oxygen atoms in total. The monoisotopic (exact) mass is 314 g/mol. The number of phenolic OH excluding ortho intramolecular Hbond substituents is 2. The fourth-order valence-corrected chi connectivity index (χ4v) is 2.55. The van der Waals surface area contributed by atoms with Crippen LogP contribution in [0.2, 0.25) is 0 Å². The number of aromatic hydroxyl groups is 2. The zero-order valence-corrected chi connectivity index (χ0v) is 12.4. The number of benzene rings is 1. The van der Waals surface area contributed by atoms with Gasteiger partial charge in [-0.05, 0) is 35.2 Å². The summed E-state index contributed by atoms with van der Waals surface area (Å²) in [6, 6.07) is 10.1. The lowest BCUT2D eigenvalue weighted by Gasteiger charge is -2.07. The Labute approximate surface area is 131 Å². The second kappa shape index (κ2) is 7.29. The Hall–Kier alpha value is -2.78. The summed E-state index contributed by atoms with van der Waals surface area (Å²) in [6.45, 7) is 0.237. The quantitative estimate of drug-likeness (QED) is 0.584. The summed E-state index contributed by atoms with van der Waals surface area (Å²) in [6.07, 6.45) is 2.83. The standard InChI is InChI=1S/C16H14N2O3S/c17-9-12(15-2-1-7-22-15)10-18-16(21)6-4-11-3-5-13(19)14(20)8-11/h1-8,12,19-20H,10H2,(H,18,21). The van der Waals surface area contributed by atoms with Crippen LogP contribution in [0.15, 0.2) is 41.8 Å². The van der Waals surface area contributed by atoms with Crippen molar-refractivity contribution in [2.24, 2.45) is 0 Å². The van der Waals surface area contributed by atoms with E-state index >= 15 is 0 Å². The molecule has 2 rings (SSSR count). The molecule has 22 heavy (non-hydrogen) atoms. The highest BCUT2D eigenvalue weighted by Gasteiger charge is 2.12. The van der Waals surface area contributed by atoms with Crippen molar-refractivity contribution in [3.63, 3.8) is 0 Å². The van der Waals surface area contributed by atoms with Crippen LogP contribution in [0.3, 0.4) is 0 Å². The smallest absolute Gasteiger partial charge is 0.244 e. The summed E-state index contributed by atoms with van der Waals surface area (Å²) in [5.41, 5.74) is 0.584. The number of carbonyl (C=O) groups is 1. The highest BCUT2D eigenvalue weighted by Crippen LogP contribution is 2.25. The van der Waals surface area contributed by atoms with Gasteiger partial charge in [-0.1, -0.05) is 12.1 Å². The predicted molar refractivity (Wildman–Crippen MR) is 84.5 cm³/mol. The summed E-state index contributed by atoms with van der Waals surface area (Å²) in [4.78, 5) is 12.7. The van der Waals surface area contributed by atoms with Crippen molar-refractivity contribution in [3.8, 4) is 17.6 Å². The van der Waals surface area contributed by atoms with Crippen LogP contribution >= 0.6 is 11.3 Å². The summed E-state index contributed by atoms with van der Waals surface area (Å²) in [5.74, 6) is -1.15. The third-order valence-electron chi connectivity index (χ3n) is 2.95. The Morgan fingerprint density at radius 1 is 1.36 bits per heavy atom. The minimum Gasteiger partial charge on any atom is -0.504 e. The normalized spacial score (nSPS) is 12.0.